The maximum Gasteiger partial charge on any atom is 0.305 e. The number of pyridine rings is 1. The van der Waals surface area contributed by atoms with E-state index in [1.165, 1.54) is 15.5 Å². The summed E-state index contributed by atoms with van der Waals surface area (Å²) >= 11 is 0. The molecule has 22 heavy (non-hydrogen) atoms. The van der Waals surface area contributed by atoms with E-state index in [-0.39, 0.29) is 24.4 Å². The average Bonchev–Trinajstić information content (AvgIpc) is 2.51. The van der Waals surface area contributed by atoms with Gasteiger partial charge in [-0.3, -0.25) is 14.4 Å². The number of para-hydroxylation sites is 1. The Morgan fingerprint density at radius 1 is 1.27 bits per heavy atom. The first-order chi connectivity index (χ1) is 10.5. The van der Waals surface area contributed by atoms with Gasteiger partial charge in [-0.25, -0.2) is 0 Å². The van der Waals surface area contributed by atoms with Gasteiger partial charge in [-0.05, 0) is 13.0 Å². The Morgan fingerprint density at radius 3 is 2.59 bits per heavy atom. The van der Waals surface area contributed by atoms with E-state index in [0.717, 1.165) is 0 Å². The van der Waals surface area contributed by atoms with Crippen LogP contribution in [0.25, 0.3) is 10.9 Å². The molecular weight excluding hydrogens is 284 g/mol. The van der Waals surface area contributed by atoms with Crippen LogP contribution in [0.15, 0.2) is 35.1 Å². The number of hydrogen-bond donors (Lipinski definition) is 1. The zero-order valence-corrected chi connectivity index (χ0v) is 12.6. The number of benzene rings is 1. The zero-order chi connectivity index (χ0) is 16.3. The number of carboxylic acid groups (broad SMARTS) is 1. The number of aromatic nitrogens is 1. The summed E-state index contributed by atoms with van der Waals surface area (Å²) < 4.78 is 1.49. The van der Waals surface area contributed by atoms with E-state index in [4.69, 9.17) is 5.11 Å². The maximum atomic E-state index is 12.7. The van der Waals surface area contributed by atoms with Crippen molar-refractivity contribution < 1.29 is 14.7 Å². The molecule has 0 unspecified atom stereocenters. The van der Waals surface area contributed by atoms with Crippen LogP contribution in [0.4, 0.5) is 0 Å². The largest absolute Gasteiger partial charge is 0.481 e. The first-order valence-corrected chi connectivity index (χ1v) is 7.05. The Hall–Kier alpha value is -2.63. The van der Waals surface area contributed by atoms with Crippen LogP contribution in [0, 0.1) is 0 Å². The van der Waals surface area contributed by atoms with E-state index in [0.29, 0.717) is 23.0 Å². The Morgan fingerprint density at radius 2 is 1.95 bits per heavy atom. The molecule has 2 rings (SSSR count). The van der Waals surface area contributed by atoms with Gasteiger partial charge in [-0.15, -0.1) is 0 Å². The highest BCUT2D eigenvalue weighted by Crippen LogP contribution is 2.18. The number of carboxylic acids is 1. The minimum absolute atomic E-state index is 0.119. The molecule has 116 valence electrons. The molecule has 0 saturated heterocycles. The Bertz CT molecular complexity index is 779. The quantitative estimate of drug-likeness (QED) is 0.907. The minimum atomic E-state index is -0.958. The van der Waals surface area contributed by atoms with Gasteiger partial charge in [0.2, 0.25) is 0 Å². The molecule has 0 saturated carbocycles. The highest BCUT2D eigenvalue weighted by atomic mass is 16.4. The lowest BCUT2D eigenvalue weighted by Crippen LogP contribution is -2.34. The van der Waals surface area contributed by atoms with Crippen molar-refractivity contribution in [2.45, 2.75) is 13.3 Å². The van der Waals surface area contributed by atoms with Gasteiger partial charge in [-0.2, -0.15) is 0 Å². The van der Waals surface area contributed by atoms with Crippen LogP contribution >= 0.6 is 0 Å². The summed E-state index contributed by atoms with van der Waals surface area (Å²) in [5, 5.41) is 9.45. The van der Waals surface area contributed by atoms with Gasteiger partial charge in [-0.1, -0.05) is 18.2 Å². The third kappa shape index (κ3) is 3.00. The second-order valence-corrected chi connectivity index (χ2v) is 5.00. The molecule has 0 aliphatic heterocycles. The third-order valence-electron chi connectivity index (χ3n) is 3.65. The number of aryl methyl sites for hydroxylation is 1. The van der Waals surface area contributed by atoms with Crippen LogP contribution in [-0.2, 0) is 11.8 Å². The fourth-order valence-corrected chi connectivity index (χ4v) is 2.39. The number of fused-ring (bicyclic) bond motifs is 1. The van der Waals surface area contributed by atoms with E-state index in [2.05, 4.69) is 0 Å². The molecule has 0 aliphatic carbocycles. The predicted molar refractivity (Wildman–Crippen MR) is 83.0 cm³/mol. The molecule has 2 aromatic rings. The van der Waals surface area contributed by atoms with E-state index < -0.39 is 5.97 Å². The molecule has 0 spiro atoms. The van der Waals surface area contributed by atoms with Gasteiger partial charge in [0.15, 0.2) is 0 Å². The van der Waals surface area contributed by atoms with Gasteiger partial charge >= 0.3 is 5.97 Å². The summed E-state index contributed by atoms with van der Waals surface area (Å²) in [6, 6.07) is 8.48. The maximum absolute atomic E-state index is 12.7. The molecule has 0 atom stereocenters. The van der Waals surface area contributed by atoms with Gasteiger partial charge < -0.3 is 14.6 Å². The fourth-order valence-electron chi connectivity index (χ4n) is 2.39. The highest BCUT2D eigenvalue weighted by Gasteiger charge is 2.19. The van der Waals surface area contributed by atoms with Crippen LogP contribution in [0.2, 0.25) is 0 Å². The van der Waals surface area contributed by atoms with Crippen LogP contribution in [-0.4, -0.2) is 39.5 Å². The van der Waals surface area contributed by atoms with Crippen LogP contribution in [0.5, 0.6) is 0 Å². The molecule has 0 fully saturated rings. The first-order valence-electron chi connectivity index (χ1n) is 7.05. The Labute approximate surface area is 127 Å². The lowest BCUT2D eigenvalue weighted by molar-refractivity contribution is -0.137. The Kier molecular flexibility index (Phi) is 4.60. The Balaban J connectivity index is 2.49. The monoisotopic (exact) mass is 302 g/mol. The van der Waals surface area contributed by atoms with E-state index in [1.54, 1.807) is 38.2 Å². The normalized spacial score (nSPS) is 10.6. The van der Waals surface area contributed by atoms with Crippen molar-refractivity contribution in [3.05, 3.63) is 46.2 Å². The number of aliphatic carboxylic acids is 1. The van der Waals surface area contributed by atoms with Crippen LogP contribution in [0.3, 0.4) is 0 Å². The third-order valence-corrected chi connectivity index (χ3v) is 3.65. The van der Waals surface area contributed by atoms with Crippen LogP contribution in [0.1, 0.15) is 23.7 Å². The van der Waals surface area contributed by atoms with Crippen molar-refractivity contribution in [3.63, 3.8) is 0 Å². The number of rotatable bonds is 5. The van der Waals surface area contributed by atoms with Crippen LogP contribution < -0.4 is 5.56 Å². The number of carbonyl (C=O) groups excluding carboxylic acids is 1. The van der Waals surface area contributed by atoms with Crippen molar-refractivity contribution in [2.24, 2.45) is 7.05 Å². The molecule has 1 aromatic heterocycles. The predicted octanol–water partition coefficient (Wildman–Crippen LogP) is 1.48. The molecule has 1 aromatic carbocycles. The molecule has 1 heterocycles. The summed E-state index contributed by atoms with van der Waals surface area (Å²) in [6.45, 7) is 2.28. The average molecular weight is 302 g/mol. The smallest absolute Gasteiger partial charge is 0.305 e. The SMILES string of the molecule is CCN(CCC(=O)O)C(=O)c1cc(=O)n(C)c2ccccc12. The van der Waals surface area contributed by atoms with E-state index in [1.807, 2.05) is 0 Å². The van der Waals surface area contributed by atoms with Gasteiger partial charge in [0.1, 0.15) is 0 Å². The summed E-state index contributed by atoms with van der Waals surface area (Å²) in [5.41, 5.74) is 0.718. The molecule has 6 nitrogen and oxygen atoms in total. The molecule has 0 bridgehead atoms. The van der Waals surface area contributed by atoms with Crippen molar-refractivity contribution in [2.75, 3.05) is 13.1 Å². The number of nitrogens with zero attached hydrogens (tertiary/aromatic N) is 2. The van der Waals surface area contributed by atoms with Crippen molar-refractivity contribution in [3.8, 4) is 0 Å². The molecule has 1 N–H and O–H groups in total. The lowest BCUT2D eigenvalue weighted by atomic mass is 10.1. The molecular formula is C16H18N2O4. The number of amides is 1. The van der Waals surface area contributed by atoms with Gasteiger partial charge in [0, 0.05) is 31.6 Å². The van der Waals surface area contributed by atoms with Crippen molar-refractivity contribution in [1.29, 1.82) is 0 Å². The lowest BCUT2D eigenvalue weighted by Gasteiger charge is -2.21. The summed E-state index contributed by atoms with van der Waals surface area (Å²) in [5.74, 6) is -1.28. The van der Waals surface area contributed by atoms with Gasteiger partial charge in [0.05, 0.1) is 17.5 Å². The standard InChI is InChI=1S/C16H18N2O4/c1-3-18(9-8-15(20)21)16(22)12-10-14(19)17(2)13-7-5-4-6-11(12)13/h4-7,10H,3,8-9H2,1-2H3,(H,20,21). The van der Waals surface area contributed by atoms with Crippen molar-refractivity contribution in [1.82, 2.24) is 9.47 Å². The summed E-state index contributed by atoms with van der Waals surface area (Å²) in [7, 11) is 1.65. The molecule has 0 radical (unpaired) electrons. The minimum Gasteiger partial charge on any atom is -0.481 e. The zero-order valence-electron chi connectivity index (χ0n) is 12.6. The second kappa shape index (κ2) is 6.43. The molecule has 6 heteroatoms. The second-order valence-electron chi connectivity index (χ2n) is 5.00. The van der Waals surface area contributed by atoms with Gasteiger partial charge in [0.25, 0.3) is 11.5 Å². The van der Waals surface area contributed by atoms with E-state index >= 15 is 0 Å². The van der Waals surface area contributed by atoms with Crippen molar-refractivity contribution >= 4 is 22.8 Å². The first kappa shape index (κ1) is 15.8. The highest BCUT2D eigenvalue weighted by molar-refractivity contribution is 6.06. The number of carbonyl (C=O) groups is 2. The topological polar surface area (TPSA) is 79.6 Å². The molecule has 1 amide bonds. The number of hydrogen-bond acceptors (Lipinski definition) is 3. The summed E-state index contributed by atoms with van der Waals surface area (Å²) in [4.78, 5) is 36.8. The fraction of sp³-hybridized carbons (Fsp3) is 0.312. The summed E-state index contributed by atoms with van der Waals surface area (Å²) in [6.07, 6.45) is -0.123. The van der Waals surface area contributed by atoms with E-state index in [9.17, 15) is 14.4 Å². The molecule has 0 aliphatic rings.